The first-order valence-electron chi connectivity index (χ1n) is 13.0. The number of carboxylic acids is 1. The minimum absolute atomic E-state index is 0.0433. The largest absolute Gasteiger partial charge is 0.493 e. The van der Waals surface area contributed by atoms with Gasteiger partial charge in [0.1, 0.15) is 12.4 Å². The maximum Gasteiger partial charge on any atom is 0.335 e. The topological polar surface area (TPSA) is 93.9 Å². The van der Waals surface area contributed by atoms with Gasteiger partial charge in [0.25, 0.3) is 0 Å². The van der Waals surface area contributed by atoms with Crippen molar-refractivity contribution < 1.29 is 24.2 Å². The van der Waals surface area contributed by atoms with Crippen molar-refractivity contribution in [1.82, 2.24) is 9.78 Å². The molecule has 0 unspecified atom stereocenters. The maximum atomic E-state index is 13.2. The van der Waals surface area contributed by atoms with Gasteiger partial charge in [-0.25, -0.2) is 4.79 Å². The molecule has 3 aromatic carbocycles. The molecule has 1 aliphatic heterocycles. The first kappa shape index (κ1) is 26.0. The molecule has 0 aliphatic carbocycles. The fraction of sp³-hybridized carbons (Fsp3) is 0.258. The molecule has 0 saturated heterocycles. The highest BCUT2D eigenvalue weighted by atomic mass is 16.5. The molecule has 1 N–H and O–H groups in total. The van der Waals surface area contributed by atoms with E-state index in [-0.39, 0.29) is 11.5 Å². The van der Waals surface area contributed by atoms with E-state index in [1.165, 1.54) is 5.56 Å². The average Bonchev–Trinajstić information content (AvgIpc) is 3.41. The van der Waals surface area contributed by atoms with Crippen LogP contribution in [0.4, 0.5) is 5.69 Å². The summed E-state index contributed by atoms with van der Waals surface area (Å²) in [4.78, 5) is 26.1. The molecule has 1 aliphatic rings. The molecule has 2 heterocycles. The lowest BCUT2D eigenvalue weighted by Crippen LogP contribution is -2.38. The number of rotatable bonds is 9. The lowest BCUT2D eigenvalue weighted by molar-refractivity contribution is -0.119. The Morgan fingerprint density at radius 1 is 1.05 bits per heavy atom. The molecule has 200 valence electrons. The number of aromatic carboxylic acids is 1. The van der Waals surface area contributed by atoms with Gasteiger partial charge in [0.2, 0.25) is 5.91 Å². The molecular formula is C31H31N3O5. The van der Waals surface area contributed by atoms with E-state index in [4.69, 9.17) is 14.6 Å². The Hall–Kier alpha value is -4.59. The molecule has 8 heteroatoms. The third-order valence-electron chi connectivity index (χ3n) is 6.98. The molecule has 0 saturated carbocycles. The quantitative estimate of drug-likeness (QED) is 0.290. The van der Waals surface area contributed by atoms with Crippen LogP contribution in [0.15, 0.2) is 73.1 Å². The number of benzene rings is 3. The SMILES string of the molecule is Cc1cccc(OCCCC(=O)N2CCOc3c(-c4cnn(Cc5ccc(C(=O)O)cc5)c4)cccc32)c1C. The van der Waals surface area contributed by atoms with Crippen LogP contribution in [0, 0.1) is 13.8 Å². The highest BCUT2D eigenvalue weighted by molar-refractivity contribution is 5.97. The van der Waals surface area contributed by atoms with Crippen molar-refractivity contribution in [2.75, 3.05) is 24.7 Å². The van der Waals surface area contributed by atoms with E-state index in [9.17, 15) is 9.59 Å². The molecule has 4 aromatic rings. The second kappa shape index (κ2) is 11.4. The van der Waals surface area contributed by atoms with E-state index in [0.29, 0.717) is 44.9 Å². The fourth-order valence-electron chi connectivity index (χ4n) is 4.68. The highest BCUT2D eigenvalue weighted by Gasteiger charge is 2.26. The lowest BCUT2D eigenvalue weighted by atomic mass is 10.1. The summed E-state index contributed by atoms with van der Waals surface area (Å²) in [6.45, 7) is 6.00. The molecule has 39 heavy (non-hydrogen) atoms. The summed E-state index contributed by atoms with van der Waals surface area (Å²) in [5, 5.41) is 13.6. The van der Waals surface area contributed by atoms with Crippen molar-refractivity contribution in [1.29, 1.82) is 0 Å². The maximum absolute atomic E-state index is 13.2. The summed E-state index contributed by atoms with van der Waals surface area (Å²) in [5.74, 6) is 0.632. The van der Waals surface area contributed by atoms with E-state index in [0.717, 1.165) is 33.7 Å². The van der Waals surface area contributed by atoms with Gasteiger partial charge in [0, 0.05) is 23.7 Å². The van der Waals surface area contributed by atoms with Crippen LogP contribution >= 0.6 is 0 Å². The molecule has 0 atom stereocenters. The molecule has 8 nitrogen and oxygen atoms in total. The van der Waals surface area contributed by atoms with Gasteiger partial charge in [0.15, 0.2) is 5.75 Å². The predicted octanol–water partition coefficient (Wildman–Crippen LogP) is 5.50. The number of anilines is 1. The number of aryl methyl sites for hydroxylation is 1. The number of carboxylic acid groups (broad SMARTS) is 1. The Morgan fingerprint density at radius 2 is 1.85 bits per heavy atom. The summed E-state index contributed by atoms with van der Waals surface area (Å²) in [7, 11) is 0. The van der Waals surface area contributed by atoms with Crippen LogP contribution in [0.3, 0.4) is 0 Å². The van der Waals surface area contributed by atoms with Gasteiger partial charge in [-0.15, -0.1) is 0 Å². The Labute approximate surface area is 227 Å². The van der Waals surface area contributed by atoms with Gasteiger partial charge in [-0.05, 0) is 61.2 Å². The summed E-state index contributed by atoms with van der Waals surface area (Å²) >= 11 is 0. The third-order valence-corrected chi connectivity index (χ3v) is 6.98. The standard InChI is InChI=1S/C31H31N3O5/c1-21-6-3-9-28(22(21)2)38-16-5-10-29(35)34-15-17-39-30-26(7-4-8-27(30)34)25-18-32-33(20-25)19-23-11-13-24(14-12-23)31(36)37/h3-4,6-9,11-14,18,20H,5,10,15-17,19H2,1-2H3,(H,36,37). The summed E-state index contributed by atoms with van der Waals surface area (Å²) in [6.07, 6.45) is 4.71. The Balaban J connectivity index is 1.25. The van der Waals surface area contributed by atoms with Crippen LogP contribution in [-0.4, -0.2) is 46.5 Å². The van der Waals surface area contributed by atoms with Gasteiger partial charge in [-0.3, -0.25) is 9.48 Å². The van der Waals surface area contributed by atoms with Gasteiger partial charge in [-0.1, -0.05) is 36.4 Å². The van der Waals surface area contributed by atoms with Crippen molar-refractivity contribution in [2.45, 2.75) is 33.2 Å². The Kier molecular flexibility index (Phi) is 7.63. The molecule has 0 radical (unpaired) electrons. The van der Waals surface area contributed by atoms with Crippen LogP contribution in [0.2, 0.25) is 0 Å². The third kappa shape index (κ3) is 5.80. The number of para-hydroxylation sites is 1. The zero-order valence-corrected chi connectivity index (χ0v) is 22.1. The van der Waals surface area contributed by atoms with Crippen molar-refractivity contribution in [2.24, 2.45) is 0 Å². The normalized spacial score (nSPS) is 12.5. The van der Waals surface area contributed by atoms with Crippen molar-refractivity contribution >= 4 is 17.6 Å². The summed E-state index contributed by atoms with van der Waals surface area (Å²) in [5.41, 5.74) is 6.01. The van der Waals surface area contributed by atoms with Crippen LogP contribution in [0.1, 0.15) is 39.9 Å². The smallest absolute Gasteiger partial charge is 0.335 e. The zero-order chi connectivity index (χ0) is 27.4. The number of fused-ring (bicyclic) bond motifs is 1. The van der Waals surface area contributed by atoms with Crippen LogP contribution < -0.4 is 14.4 Å². The molecule has 0 fully saturated rings. The summed E-state index contributed by atoms with van der Waals surface area (Å²) < 4.78 is 13.8. The van der Waals surface area contributed by atoms with Gasteiger partial charge >= 0.3 is 5.97 Å². The van der Waals surface area contributed by atoms with Gasteiger partial charge < -0.3 is 19.5 Å². The van der Waals surface area contributed by atoms with Crippen LogP contribution in [0.25, 0.3) is 11.1 Å². The number of carbonyl (C=O) groups is 2. The molecule has 0 spiro atoms. The highest BCUT2D eigenvalue weighted by Crippen LogP contribution is 2.40. The van der Waals surface area contributed by atoms with Crippen molar-refractivity contribution in [3.63, 3.8) is 0 Å². The number of hydrogen-bond acceptors (Lipinski definition) is 5. The number of hydrogen-bond donors (Lipinski definition) is 1. The van der Waals surface area contributed by atoms with Crippen LogP contribution in [-0.2, 0) is 11.3 Å². The van der Waals surface area contributed by atoms with Crippen molar-refractivity contribution in [3.8, 4) is 22.6 Å². The molecular weight excluding hydrogens is 494 g/mol. The number of ether oxygens (including phenoxy) is 2. The predicted molar refractivity (Wildman–Crippen MR) is 149 cm³/mol. The second-order valence-electron chi connectivity index (χ2n) is 9.63. The number of amides is 1. The number of carbonyl (C=O) groups excluding carboxylic acids is 1. The van der Waals surface area contributed by atoms with E-state index >= 15 is 0 Å². The number of aromatic nitrogens is 2. The van der Waals surface area contributed by atoms with Crippen LogP contribution in [0.5, 0.6) is 11.5 Å². The minimum atomic E-state index is -0.949. The van der Waals surface area contributed by atoms with E-state index in [2.05, 4.69) is 18.1 Å². The average molecular weight is 526 g/mol. The second-order valence-corrected chi connectivity index (χ2v) is 9.63. The Morgan fingerprint density at radius 3 is 2.64 bits per heavy atom. The summed E-state index contributed by atoms with van der Waals surface area (Å²) in [6, 6.07) is 18.6. The van der Waals surface area contributed by atoms with Gasteiger partial charge in [-0.2, -0.15) is 5.10 Å². The lowest BCUT2D eigenvalue weighted by Gasteiger charge is -2.31. The van der Waals surface area contributed by atoms with Gasteiger partial charge in [0.05, 0.1) is 37.1 Å². The van der Waals surface area contributed by atoms with E-state index < -0.39 is 5.97 Å². The first-order valence-corrected chi connectivity index (χ1v) is 13.0. The fourth-order valence-corrected chi connectivity index (χ4v) is 4.68. The van der Waals surface area contributed by atoms with E-state index in [1.54, 1.807) is 40.0 Å². The molecule has 1 aromatic heterocycles. The van der Waals surface area contributed by atoms with Crippen molar-refractivity contribution in [3.05, 3.63) is 95.3 Å². The van der Waals surface area contributed by atoms with E-state index in [1.807, 2.05) is 43.5 Å². The Bertz CT molecular complexity index is 1490. The molecule has 5 rings (SSSR count). The minimum Gasteiger partial charge on any atom is -0.493 e. The number of nitrogens with zero attached hydrogens (tertiary/aromatic N) is 3. The zero-order valence-electron chi connectivity index (χ0n) is 22.1. The first-order chi connectivity index (χ1) is 18.9. The monoisotopic (exact) mass is 525 g/mol. The molecule has 0 bridgehead atoms. The molecule has 1 amide bonds.